The van der Waals surface area contributed by atoms with Gasteiger partial charge in [0, 0.05) is 5.33 Å². The van der Waals surface area contributed by atoms with E-state index >= 15 is 0 Å². The van der Waals surface area contributed by atoms with Crippen molar-refractivity contribution in [3.63, 3.8) is 0 Å². The van der Waals surface area contributed by atoms with Crippen LogP contribution in [0.5, 0.6) is 0 Å². The van der Waals surface area contributed by atoms with Gasteiger partial charge in [-0.15, -0.1) is 0 Å². The number of halogens is 1. The van der Waals surface area contributed by atoms with Crippen LogP contribution >= 0.6 is 15.9 Å². The van der Waals surface area contributed by atoms with Crippen molar-refractivity contribution in [1.29, 1.82) is 0 Å². The minimum absolute atomic E-state index is 0.339. The molecule has 0 aliphatic rings. The number of rotatable bonds is 8. The molecule has 0 spiro atoms. The molecule has 4 nitrogen and oxygen atoms in total. The summed E-state index contributed by atoms with van der Waals surface area (Å²) in [5.74, 6) is -0.339. The number of hydrogen-bond donors (Lipinski definition) is 0. The Morgan fingerprint density at radius 3 is 2.74 bits per heavy atom. The molecule has 0 fully saturated rings. The van der Waals surface area contributed by atoms with Crippen LogP contribution in [-0.2, 0) is 10.1 Å². The van der Waals surface area contributed by atoms with Crippen molar-refractivity contribution >= 4 is 21.9 Å². The summed E-state index contributed by atoms with van der Waals surface area (Å²) in [5.41, 5.74) is 1.44. The lowest BCUT2D eigenvalue weighted by Gasteiger charge is -2.17. The van der Waals surface area contributed by atoms with E-state index in [1.807, 2.05) is 10.7 Å². The van der Waals surface area contributed by atoms with E-state index in [2.05, 4.69) is 34.9 Å². The van der Waals surface area contributed by atoms with E-state index in [1.54, 1.807) is 6.92 Å². The Morgan fingerprint density at radius 1 is 1.47 bits per heavy atom. The molecule has 1 rings (SSSR count). The molecule has 108 valence electrons. The minimum Gasteiger partial charge on any atom is -0.461 e. The van der Waals surface area contributed by atoms with Crippen LogP contribution in [0.2, 0.25) is 0 Å². The van der Waals surface area contributed by atoms with E-state index < -0.39 is 0 Å². The molecule has 1 atom stereocenters. The second kappa shape index (κ2) is 8.35. The molecule has 0 saturated heterocycles. The Hall–Kier alpha value is -0.840. The van der Waals surface area contributed by atoms with Gasteiger partial charge in [-0.2, -0.15) is 5.10 Å². The average molecular weight is 331 g/mol. The van der Waals surface area contributed by atoms with Crippen LogP contribution in [0.1, 0.15) is 68.7 Å². The Kier molecular flexibility index (Phi) is 7.13. The van der Waals surface area contributed by atoms with Gasteiger partial charge in [0.15, 0.2) is 5.69 Å². The van der Waals surface area contributed by atoms with Crippen molar-refractivity contribution in [1.82, 2.24) is 9.78 Å². The molecule has 1 unspecified atom stereocenters. The summed E-state index contributed by atoms with van der Waals surface area (Å²) in [7, 11) is 0. The third-order valence-electron chi connectivity index (χ3n) is 3.14. The van der Waals surface area contributed by atoms with E-state index in [1.165, 1.54) is 12.8 Å². The van der Waals surface area contributed by atoms with Gasteiger partial charge in [-0.25, -0.2) is 4.79 Å². The maximum Gasteiger partial charge on any atom is 0.358 e. The predicted molar refractivity (Wildman–Crippen MR) is 79.7 cm³/mol. The quantitative estimate of drug-likeness (QED) is 0.532. The molecule has 0 aliphatic heterocycles. The third-order valence-corrected chi connectivity index (χ3v) is 3.72. The lowest BCUT2D eigenvalue weighted by molar-refractivity contribution is 0.0518. The summed E-state index contributed by atoms with van der Waals surface area (Å²) in [6.07, 6.45) is 4.46. The number of carbonyl (C=O) groups is 1. The first-order chi connectivity index (χ1) is 9.17. The number of unbranched alkanes of at least 4 members (excludes halogenated alkanes) is 1. The molecule has 1 aromatic heterocycles. The molecule has 0 amide bonds. The highest BCUT2D eigenvalue weighted by molar-refractivity contribution is 9.08. The number of alkyl halides is 1. The van der Waals surface area contributed by atoms with Gasteiger partial charge < -0.3 is 4.74 Å². The van der Waals surface area contributed by atoms with Crippen molar-refractivity contribution in [2.45, 2.75) is 57.8 Å². The number of carbonyl (C=O) groups excluding carboxylic acids is 1. The molecule has 5 heteroatoms. The minimum atomic E-state index is -0.339. The summed E-state index contributed by atoms with van der Waals surface area (Å²) in [5, 5.41) is 5.13. The fourth-order valence-electron chi connectivity index (χ4n) is 2.09. The van der Waals surface area contributed by atoms with Gasteiger partial charge in [-0.05, 0) is 25.8 Å². The summed E-state index contributed by atoms with van der Waals surface area (Å²) in [4.78, 5) is 11.7. The standard InChI is InChI=1S/C14H23BrN2O2/c1-4-7-8-11(5-2)17-12(10-15)9-13(16-17)14(18)19-6-3/h9,11H,4-8,10H2,1-3H3. The molecule has 0 N–H and O–H groups in total. The van der Waals surface area contributed by atoms with Crippen molar-refractivity contribution in [3.8, 4) is 0 Å². The predicted octanol–water partition coefficient (Wildman–Crippen LogP) is 4.10. The van der Waals surface area contributed by atoms with Crippen molar-refractivity contribution in [2.24, 2.45) is 0 Å². The Morgan fingerprint density at radius 2 is 2.21 bits per heavy atom. The van der Waals surface area contributed by atoms with Crippen LogP contribution in [0, 0.1) is 0 Å². The molecule has 1 heterocycles. The number of aromatic nitrogens is 2. The fourth-order valence-corrected chi connectivity index (χ4v) is 2.51. The first-order valence-corrected chi connectivity index (χ1v) is 8.11. The Balaban J connectivity index is 2.94. The molecule has 0 aliphatic carbocycles. The van der Waals surface area contributed by atoms with E-state index in [0.29, 0.717) is 23.7 Å². The maximum atomic E-state index is 11.7. The number of ether oxygens (including phenoxy) is 1. The van der Waals surface area contributed by atoms with Gasteiger partial charge >= 0.3 is 5.97 Å². The largest absolute Gasteiger partial charge is 0.461 e. The van der Waals surface area contributed by atoms with E-state index in [9.17, 15) is 4.79 Å². The molecular formula is C14H23BrN2O2. The van der Waals surface area contributed by atoms with Crippen LogP contribution in [0.15, 0.2) is 6.07 Å². The summed E-state index contributed by atoms with van der Waals surface area (Å²) in [6.45, 7) is 6.52. The molecular weight excluding hydrogens is 308 g/mol. The summed E-state index contributed by atoms with van der Waals surface area (Å²) < 4.78 is 6.99. The van der Waals surface area contributed by atoms with E-state index in [0.717, 1.165) is 18.5 Å². The molecule has 0 saturated carbocycles. The van der Waals surface area contributed by atoms with Crippen LogP contribution < -0.4 is 0 Å². The van der Waals surface area contributed by atoms with Gasteiger partial charge in [0.2, 0.25) is 0 Å². The van der Waals surface area contributed by atoms with Gasteiger partial charge in [0.25, 0.3) is 0 Å². The monoisotopic (exact) mass is 330 g/mol. The van der Waals surface area contributed by atoms with Crippen molar-refractivity contribution in [3.05, 3.63) is 17.5 Å². The maximum absolute atomic E-state index is 11.7. The van der Waals surface area contributed by atoms with Gasteiger partial charge in [0.05, 0.1) is 18.3 Å². The van der Waals surface area contributed by atoms with Crippen LogP contribution in [0.3, 0.4) is 0 Å². The van der Waals surface area contributed by atoms with Gasteiger partial charge in [-0.3, -0.25) is 4.68 Å². The lowest BCUT2D eigenvalue weighted by atomic mass is 10.1. The lowest BCUT2D eigenvalue weighted by Crippen LogP contribution is -2.14. The number of esters is 1. The second-order valence-electron chi connectivity index (χ2n) is 4.52. The van der Waals surface area contributed by atoms with Crippen LogP contribution in [-0.4, -0.2) is 22.4 Å². The van der Waals surface area contributed by atoms with Gasteiger partial charge in [0.1, 0.15) is 0 Å². The smallest absolute Gasteiger partial charge is 0.358 e. The zero-order valence-corrected chi connectivity index (χ0v) is 13.6. The Labute approximate surface area is 123 Å². The Bertz CT molecular complexity index is 404. The van der Waals surface area contributed by atoms with Crippen LogP contribution in [0.25, 0.3) is 0 Å². The molecule has 0 aromatic carbocycles. The highest BCUT2D eigenvalue weighted by atomic mass is 79.9. The normalized spacial score (nSPS) is 12.4. The zero-order chi connectivity index (χ0) is 14.3. The topological polar surface area (TPSA) is 44.1 Å². The van der Waals surface area contributed by atoms with Gasteiger partial charge in [-0.1, -0.05) is 42.6 Å². The number of nitrogens with zero attached hydrogens (tertiary/aromatic N) is 2. The van der Waals surface area contributed by atoms with E-state index in [4.69, 9.17) is 4.74 Å². The van der Waals surface area contributed by atoms with Crippen molar-refractivity contribution in [2.75, 3.05) is 6.61 Å². The molecule has 0 radical (unpaired) electrons. The summed E-state index contributed by atoms with van der Waals surface area (Å²) in [6, 6.07) is 2.18. The zero-order valence-electron chi connectivity index (χ0n) is 12.0. The molecule has 1 aromatic rings. The first-order valence-electron chi connectivity index (χ1n) is 6.99. The number of hydrogen-bond acceptors (Lipinski definition) is 3. The van der Waals surface area contributed by atoms with Crippen molar-refractivity contribution < 1.29 is 9.53 Å². The fraction of sp³-hybridized carbons (Fsp3) is 0.714. The first kappa shape index (κ1) is 16.2. The molecule has 0 bridgehead atoms. The second-order valence-corrected chi connectivity index (χ2v) is 5.08. The third kappa shape index (κ3) is 4.34. The average Bonchev–Trinajstić information content (AvgIpc) is 2.84. The highest BCUT2D eigenvalue weighted by Crippen LogP contribution is 2.22. The molecule has 19 heavy (non-hydrogen) atoms. The highest BCUT2D eigenvalue weighted by Gasteiger charge is 2.19. The van der Waals surface area contributed by atoms with Crippen LogP contribution in [0.4, 0.5) is 0 Å². The summed E-state index contributed by atoms with van der Waals surface area (Å²) >= 11 is 3.46. The SMILES string of the molecule is CCCCC(CC)n1nc(C(=O)OCC)cc1CBr. The van der Waals surface area contributed by atoms with E-state index in [-0.39, 0.29) is 5.97 Å².